The van der Waals surface area contributed by atoms with Crippen molar-refractivity contribution in [1.82, 2.24) is 5.32 Å². The van der Waals surface area contributed by atoms with Gasteiger partial charge in [0, 0.05) is 0 Å². The Morgan fingerprint density at radius 3 is 3.00 bits per heavy atom. The van der Waals surface area contributed by atoms with Crippen LogP contribution in [-0.4, -0.2) is 18.7 Å². The molecular weight excluding hydrogens is 174 g/mol. The maximum absolute atomic E-state index is 8.94. The van der Waals surface area contributed by atoms with Gasteiger partial charge in [0.05, 0.1) is 6.61 Å². The summed E-state index contributed by atoms with van der Waals surface area (Å²) in [5, 5.41) is 12.0. The summed E-state index contributed by atoms with van der Waals surface area (Å²) in [6, 6.07) is 7.92. The fourth-order valence-electron chi connectivity index (χ4n) is 1.24. The first-order valence-electron chi connectivity index (χ1n) is 4.87. The molecule has 1 aromatic carbocycles. The van der Waals surface area contributed by atoms with Crippen molar-refractivity contribution < 1.29 is 5.11 Å². The normalized spacial score (nSPS) is 11.0. The molecule has 0 bridgehead atoms. The fourth-order valence-corrected chi connectivity index (χ4v) is 1.24. The first-order valence-corrected chi connectivity index (χ1v) is 4.87. The Bertz CT molecular complexity index is 294. The molecule has 2 nitrogen and oxygen atoms in total. The number of rotatable bonds is 5. The standard InChI is InChI=1S/C12H17NO/c1-13-8-3-2-5-11-6-4-7-12(9-11)10-14/h2,4-7,9,13-14H,3,8,10H2,1H3. The summed E-state index contributed by atoms with van der Waals surface area (Å²) < 4.78 is 0. The van der Waals surface area contributed by atoms with E-state index in [1.807, 2.05) is 31.3 Å². The Labute approximate surface area is 85.3 Å². The molecule has 2 N–H and O–H groups in total. The summed E-state index contributed by atoms with van der Waals surface area (Å²) in [5.74, 6) is 0. The van der Waals surface area contributed by atoms with Gasteiger partial charge in [-0.3, -0.25) is 0 Å². The largest absolute Gasteiger partial charge is 0.392 e. The molecule has 0 aliphatic carbocycles. The van der Waals surface area contributed by atoms with E-state index < -0.39 is 0 Å². The van der Waals surface area contributed by atoms with E-state index in [2.05, 4.69) is 17.5 Å². The first-order chi connectivity index (χ1) is 6.86. The van der Waals surface area contributed by atoms with Crippen LogP contribution < -0.4 is 5.32 Å². The second-order valence-electron chi connectivity index (χ2n) is 3.20. The van der Waals surface area contributed by atoms with E-state index in [4.69, 9.17) is 5.11 Å². The van der Waals surface area contributed by atoms with Crippen molar-refractivity contribution in [2.75, 3.05) is 13.6 Å². The molecule has 0 aliphatic heterocycles. The van der Waals surface area contributed by atoms with Crippen LogP contribution in [0.5, 0.6) is 0 Å². The Morgan fingerprint density at radius 2 is 2.29 bits per heavy atom. The predicted octanol–water partition coefficient (Wildman–Crippen LogP) is 1.80. The number of hydrogen-bond acceptors (Lipinski definition) is 2. The third-order valence-electron chi connectivity index (χ3n) is 2.00. The van der Waals surface area contributed by atoms with Crippen LogP contribution in [0.4, 0.5) is 0 Å². The van der Waals surface area contributed by atoms with Crippen molar-refractivity contribution in [2.24, 2.45) is 0 Å². The summed E-state index contributed by atoms with van der Waals surface area (Å²) in [4.78, 5) is 0. The van der Waals surface area contributed by atoms with Gasteiger partial charge in [0.25, 0.3) is 0 Å². The van der Waals surface area contributed by atoms with Crippen molar-refractivity contribution in [3.05, 3.63) is 41.5 Å². The van der Waals surface area contributed by atoms with Gasteiger partial charge in [-0.1, -0.05) is 30.4 Å². The molecule has 0 amide bonds. The number of aliphatic hydroxyl groups excluding tert-OH is 1. The Kier molecular flexibility index (Phi) is 4.97. The first kappa shape index (κ1) is 11.0. The quantitative estimate of drug-likeness (QED) is 0.696. The Hall–Kier alpha value is -1.12. The monoisotopic (exact) mass is 191 g/mol. The van der Waals surface area contributed by atoms with Crippen LogP contribution in [0, 0.1) is 0 Å². The lowest BCUT2D eigenvalue weighted by Crippen LogP contribution is -2.05. The average molecular weight is 191 g/mol. The van der Waals surface area contributed by atoms with E-state index in [-0.39, 0.29) is 6.61 Å². The van der Waals surface area contributed by atoms with Crippen LogP contribution >= 0.6 is 0 Å². The molecule has 2 heteroatoms. The van der Waals surface area contributed by atoms with Crippen LogP contribution in [0.1, 0.15) is 17.5 Å². The summed E-state index contributed by atoms with van der Waals surface area (Å²) in [6.07, 6.45) is 5.24. The van der Waals surface area contributed by atoms with E-state index in [9.17, 15) is 0 Å². The van der Waals surface area contributed by atoms with Crippen LogP contribution in [0.3, 0.4) is 0 Å². The minimum Gasteiger partial charge on any atom is -0.392 e. The molecule has 0 saturated carbocycles. The number of benzene rings is 1. The summed E-state index contributed by atoms with van der Waals surface area (Å²) >= 11 is 0. The Morgan fingerprint density at radius 1 is 1.43 bits per heavy atom. The maximum atomic E-state index is 8.94. The molecule has 1 rings (SSSR count). The smallest absolute Gasteiger partial charge is 0.0682 e. The number of aliphatic hydroxyl groups is 1. The van der Waals surface area contributed by atoms with Gasteiger partial charge in [-0.25, -0.2) is 0 Å². The lowest BCUT2D eigenvalue weighted by molar-refractivity contribution is 0.282. The lowest BCUT2D eigenvalue weighted by atomic mass is 10.1. The van der Waals surface area contributed by atoms with Gasteiger partial charge in [0.2, 0.25) is 0 Å². The molecule has 76 valence electrons. The molecule has 14 heavy (non-hydrogen) atoms. The molecule has 0 saturated heterocycles. The molecule has 0 aliphatic rings. The van der Waals surface area contributed by atoms with Gasteiger partial charge < -0.3 is 10.4 Å². The fraction of sp³-hybridized carbons (Fsp3) is 0.333. The zero-order valence-corrected chi connectivity index (χ0v) is 8.53. The second-order valence-corrected chi connectivity index (χ2v) is 3.20. The maximum Gasteiger partial charge on any atom is 0.0682 e. The molecule has 1 aromatic rings. The molecular formula is C12H17NO. The third kappa shape index (κ3) is 3.73. The minimum absolute atomic E-state index is 0.109. The van der Waals surface area contributed by atoms with Crippen molar-refractivity contribution in [3.8, 4) is 0 Å². The second kappa shape index (κ2) is 6.35. The summed E-state index contributed by atoms with van der Waals surface area (Å²) in [5.41, 5.74) is 2.11. The van der Waals surface area contributed by atoms with E-state index in [0.717, 1.165) is 24.1 Å². The molecule has 0 fully saturated rings. The topological polar surface area (TPSA) is 32.3 Å². The summed E-state index contributed by atoms with van der Waals surface area (Å²) in [7, 11) is 1.94. The highest BCUT2D eigenvalue weighted by atomic mass is 16.3. The van der Waals surface area contributed by atoms with E-state index >= 15 is 0 Å². The SMILES string of the molecule is CNCCC=Cc1cccc(CO)c1. The van der Waals surface area contributed by atoms with E-state index in [1.165, 1.54) is 0 Å². The van der Waals surface area contributed by atoms with Gasteiger partial charge in [0.1, 0.15) is 0 Å². The van der Waals surface area contributed by atoms with Crippen LogP contribution in [0.15, 0.2) is 30.3 Å². The number of nitrogens with one attached hydrogen (secondary N) is 1. The number of hydrogen-bond donors (Lipinski definition) is 2. The molecule has 0 radical (unpaired) electrons. The summed E-state index contributed by atoms with van der Waals surface area (Å²) in [6.45, 7) is 1.11. The lowest BCUT2D eigenvalue weighted by Gasteiger charge is -1.97. The molecule has 0 unspecified atom stereocenters. The van der Waals surface area contributed by atoms with Gasteiger partial charge in [-0.05, 0) is 37.2 Å². The highest BCUT2D eigenvalue weighted by molar-refractivity contribution is 5.50. The van der Waals surface area contributed by atoms with E-state index in [1.54, 1.807) is 0 Å². The molecule has 0 spiro atoms. The van der Waals surface area contributed by atoms with E-state index in [0.29, 0.717) is 0 Å². The zero-order valence-electron chi connectivity index (χ0n) is 8.53. The van der Waals surface area contributed by atoms with Crippen LogP contribution in [-0.2, 0) is 6.61 Å². The van der Waals surface area contributed by atoms with Gasteiger partial charge in [0.15, 0.2) is 0 Å². The minimum atomic E-state index is 0.109. The van der Waals surface area contributed by atoms with Gasteiger partial charge >= 0.3 is 0 Å². The van der Waals surface area contributed by atoms with Crippen molar-refractivity contribution in [3.63, 3.8) is 0 Å². The third-order valence-corrected chi connectivity index (χ3v) is 2.00. The van der Waals surface area contributed by atoms with Crippen molar-refractivity contribution >= 4 is 6.08 Å². The molecule has 0 atom stereocenters. The highest BCUT2D eigenvalue weighted by Gasteiger charge is 1.90. The van der Waals surface area contributed by atoms with Crippen molar-refractivity contribution in [1.29, 1.82) is 0 Å². The molecule has 0 heterocycles. The predicted molar refractivity (Wildman–Crippen MR) is 59.9 cm³/mol. The van der Waals surface area contributed by atoms with Crippen molar-refractivity contribution in [2.45, 2.75) is 13.0 Å². The van der Waals surface area contributed by atoms with Crippen LogP contribution in [0.25, 0.3) is 6.08 Å². The zero-order chi connectivity index (χ0) is 10.2. The average Bonchev–Trinajstić information content (AvgIpc) is 2.25. The van der Waals surface area contributed by atoms with Gasteiger partial charge in [-0.2, -0.15) is 0 Å². The highest BCUT2D eigenvalue weighted by Crippen LogP contribution is 2.07. The van der Waals surface area contributed by atoms with Crippen LogP contribution in [0.2, 0.25) is 0 Å². The molecule has 0 aromatic heterocycles. The Balaban J connectivity index is 2.53. The van der Waals surface area contributed by atoms with Gasteiger partial charge in [-0.15, -0.1) is 0 Å².